The number of benzene rings is 1. The van der Waals surface area contributed by atoms with E-state index in [2.05, 4.69) is 60.5 Å². The summed E-state index contributed by atoms with van der Waals surface area (Å²) < 4.78 is 5.05. The maximum atomic E-state index is 11.8. The van der Waals surface area contributed by atoms with Crippen molar-refractivity contribution < 1.29 is 9.53 Å². The molecule has 1 aliphatic heterocycles. The zero-order chi connectivity index (χ0) is 19.8. The number of nitrogens with zero attached hydrogens (tertiary/aromatic N) is 3. The fourth-order valence-corrected chi connectivity index (χ4v) is 3.22. The summed E-state index contributed by atoms with van der Waals surface area (Å²) in [4.78, 5) is 20.2. The molecule has 0 radical (unpaired) electrons. The molecule has 1 aliphatic rings. The molecule has 1 heterocycles. The van der Waals surface area contributed by atoms with Gasteiger partial charge in [0.05, 0.1) is 19.2 Å². The van der Waals surface area contributed by atoms with Crippen LogP contribution in [0.5, 0.6) is 0 Å². The highest BCUT2D eigenvalue weighted by Gasteiger charge is 2.23. The lowest BCUT2D eigenvalue weighted by atomic mass is 10.0. The Labute approximate surface area is 185 Å². The number of carbonyl (C=O) groups excluding carboxylic acids is 1. The minimum absolute atomic E-state index is 0. The van der Waals surface area contributed by atoms with E-state index in [9.17, 15) is 4.79 Å². The molecule has 0 aromatic heterocycles. The van der Waals surface area contributed by atoms with Crippen molar-refractivity contribution in [2.24, 2.45) is 10.7 Å². The number of amides is 1. The predicted octanol–water partition coefficient (Wildman–Crippen LogP) is 2.74. The molecule has 28 heavy (non-hydrogen) atoms. The molecule has 1 aromatic carbocycles. The van der Waals surface area contributed by atoms with Crippen molar-refractivity contribution in [3.05, 3.63) is 35.4 Å². The van der Waals surface area contributed by atoms with Gasteiger partial charge >= 0.3 is 6.09 Å². The molecule has 1 fully saturated rings. The summed E-state index contributed by atoms with van der Waals surface area (Å²) in [5.74, 6) is 0.462. The Morgan fingerprint density at radius 1 is 1.32 bits per heavy atom. The number of likely N-dealkylation sites (tertiary alicyclic amines) is 1. The summed E-state index contributed by atoms with van der Waals surface area (Å²) >= 11 is 0. The summed E-state index contributed by atoms with van der Waals surface area (Å²) in [7, 11) is 4.10. The first-order valence-electron chi connectivity index (χ1n) is 9.61. The fraction of sp³-hybridized carbons (Fsp3) is 0.600. The lowest BCUT2D eigenvalue weighted by molar-refractivity contribution is 0.0963. The van der Waals surface area contributed by atoms with Crippen LogP contribution in [0.4, 0.5) is 4.79 Å². The number of ether oxygens (including phenoxy) is 1. The van der Waals surface area contributed by atoms with E-state index in [0.717, 1.165) is 12.8 Å². The summed E-state index contributed by atoms with van der Waals surface area (Å²) in [6.07, 6.45) is 1.44. The maximum absolute atomic E-state index is 11.8. The van der Waals surface area contributed by atoms with Crippen molar-refractivity contribution in [2.45, 2.75) is 38.8 Å². The van der Waals surface area contributed by atoms with Crippen molar-refractivity contribution in [2.75, 3.05) is 40.3 Å². The average molecular weight is 503 g/mol. The van der Waals surface area contributed by atoms with E-state index in [1.807, 2.05) is 6.92 Å². The lowest BCUT2D eigenvalue weighted by Crippen LogP contribution is -2.48. The number of nitrogens with two attached hydrogens (primary N) is 1. The van der Waals surface area contributed by atoms with Gasteiger partial charge in [-0.2, -0.15) is 0 Å². The monoisotopic (exact) mass is 503 g/mol. The molecule has 1 amide bonds. The number of likely N-dealkylation sites (N-methyl/N-ethyl adjacent to an activating group) is 1. The number of hydrogen-bond acceptors (Lipinski definition) is 4. The number of piperidine rings is 1. The van der Waals surface area contributed by atoms with Gasteiger partial charge in [0.25, 0.3) is 0 Å². The molecule has 0 aliphatic carbocycles. The Morgan fingerprint density at radius 3 is 2.46 bits per heavy atom. The van der Waals surface area contributed by atoms with Gasteiger partial charge < -0.3 is 25.6 Å². The molecule has 1 saturated heterocycles. The molecule has 0 bridgehead atoms. The van der Waals surface area contributed by atoms with E-state index < -0.39 is 0 Å². The van der Waals surface area contributed by atoms with Gasteiger partial charge in [0, 0.05) is 19.1 Å². The second-order valence-corrected chi connectivity index (χ2v) is 7.22. The molecule has 1 unspecified atom stereocenters. The van der Waals surface area contributed by atoms with E-state index in [4.69, 9.17) is 10.5 Å². The number of aliphatic imine (C=N–C) groups is 1. The Morgan fingerprint density at radius 2 is 1.93 bits per heavy atom. The topological polar surface area (TPSA) is 83.2 Å². The van der Waals surface area contributed by atoms with Gasteiger partial charge in [-0.05, 0) is 46.3 Å². The van der Waals surface area contributed by atoms with Gasteiger partial charge in [-0.15, -0.1) is 24.0 Å². The number of aryl methyl sites for hydroxylation is 1. The lowest BCUT2D eigenvalue weighted by Gasteiger charge is -2.32. The predicted molar refractivity (Wildman–Crippen MR) is 124 cm³/mol. The van der Waals surface area contributed by atoms with Gasteiger partial charge in [-0.25, -0.2) is 4.79 Å². The SMILES string of the molecule is CCOC(=O)N1CCC(NC(N)=NCC(c2ccc(C)cc2)N(C)C)CC1.I. The van der Waals surface area contributed by atoms with Crippen LogP contribution in [0.1, 0.15) is 36.9 Å². The standard InChI is InChI=1S/C20H33N5O2.HI/c1-5-27-20(26)25-12-10-17(11-13-25)23-19(21)22-14-18(24(3)4)16-8-6-15(2)7-9-16;/h6-9,17-18H,5,10-14H2,1-4H3,(H3,21,22,23);1H. The van der Waals surface area contributed by atoms with Crippen LogP contribution >= 0.6 is 24.0 Å². The summed E-state index contributed by atoms with van der Waals surface area (Å²) in [6, 6.07) is 8.94. The number of guanidine groups is 1. The first-order chi connectivity index (χ1) is 12.9. The van der Waals surface area contributed by atoms with Crippen molar-refractivity contribution >= 4 is 36.0 Å². The van der Waals surface area contributed by atoms with Crippen LogP contribution in [0.15, 0.2) is 29.3 Å². The minimum Gasteiger partial charge on any atom is -0.450 e. The molecule has 7 nitrogen and oxygen atoms in total. The third-order valence-electron chi connectivity index (χ3n) is 4.89. The zero-order valence-electron chi connectivity index (χ0n) is 17.4. The second kappa shape index (κ2) is 12.1. The van der Waals surface area contributed by atoms with Crippen LogP contribution in [0, 0.1) is 6.92 Å². The molecule has 8 heteroatoms. The van der Waals surface area contributed by atoms with Crippen molar-refractivity contribution in [1.82, 2.24) is 15.1 Å². The fourth-order valence-electron chi connectivity index (χ4n) is 3.22. The van der Waals surface area contributed by atoms with Crippen molar-refractivity contribution in [3.63, 3.8) is 0 Å². The zero-order valence-corrected chi connectivity index (χ0v) is 19.7. The van der Waals surface area contributed by atoms with Crippen LogP contribution in [0.25, 0.3) is 0 Å². The molecular formula is C20H34IN5O2. The molecule has 2 rings (SSSR count). The maximum Gasteiger partial charge on any atom is 0.409 e. The molecule has 0 saturated carbocycles. The van der Waals surface area contributed by atoms with Gasteiger partial charge in [0.2, 0.25) is 0 Å². The van der Waals surface area contributed by atoms with Gasteiger partial charge in [-0.1, -0.05) is 29.8 Å². The van der Waals surface area contributed by atoms with E-state index in [0.29, 0.717) is 32.2 Å². The third kappa shape index (κ3) is 7.46. The highest BCUT2D eigenvalue weighted by molar-refractivity contribution is 14.0. The molecule has 158 valence electrons. The van der Waals surface area contributed by atoms with Crippen LogP contribution in [-0.2, 0) is 4.74 Å². The molecule has 1 aromatic rings. The summed E-state index contributed by atoms with van der Waals surface area (Å²) in [6.45, 7) is 6.25. The van der Waals surface area contributed by atoms with Crippen molar-refractivity contribution in [3.8, 4) is 0 Å². The highest BCUT2D eigenvalue weighted by Crippen LogP contribution is 2.19. The molecular weight excluding hydrogens is 469 g/mol. The number of halogens is 1. The van der Waals surface area contributed by atoms with Gasteiger partial charge in [-0.3, -0.25) is 4.99 Å². The first kappa shape index (κ1) is 24.5. The van der Waals surface area contributed by atoms with E-state index in [1.165, 1.54) is 11.1 Å². The number of nitrogens with one attached hydrogen (secondary N) is 1. The smallest absolute Gasteiger partial charge is 0.409 e. The normalized spacial score (nSPS) is 16.5. The number of hydrogen-bond donors (Lipinski definition) is 2. The Hall–Kier alpha value is -1.55. The molecule has 3 N–H and O–H groups in total. The minimum atomic E-state index is -0.232. The first-order valence-corrected chi connectivity index (χ1v) is 9.61. The molecule has 1 atom stereocenters. The third-order valence-corrected chi connectivity index (χ3v) is 4.89. The van der Waals surface area contributed by atoms with Crippen LogP contribution in [0.3, 0.4) is 0 Å². The average Bonchev–Trinajstić information content (AvgIpc) is 2.64. The molecule has 0 spiro atoms. The second-order valence-electron chi connectivity index (χ2n) is 7.22. The Bertz CT molecular complexity index is 628. The van der Waals surface area contributed by atoms with Crippen LogP contribution < -0.4 is 11.1 Å². The Kier molecular flexibility index (Phi) is 10.6. The highest BCUT2D eigenvalue weighted by atomic mass is 127. The van der Waals surface area contributed by atoms with E-state index >= 15 is 0 Å². The quantitative estimate of drug-likeness (QED) is 0.355. The van der Waals surface area contributed by atoms with E-state index in [-0.39, 0.29) is 42.2 Å². The summed E-state index contributed by atoms with van der Waals surface area (Å²) in [5.41, 5.74) is 8.58. The Balaban J connectivity index is 0.00000392. The van der Waals surface area contributed by atoms with Gasteiger partial charge in [0.1, 0.15) is 0 Å². The van der Waals surface area contributed by atoms with E-state index in [1.54, 1.807) is 4.90 Å². The summed E-state index contributed by atoms with van der Waals surface area (Å²) in [5, 5.41) is 3.30. The number of rotatable bonds is 6. The van der Waals surface area contributed by atoms with Gasteiger partial charge in [0.15, 0.2) is 5.96 Å². The number of carbonyl (C=O) groups is 1. The van der Waals surface area contributed by atoms with Crippen LogP contribution in [0.2, 0.25) is 0 Å². The van der Waals surface area contributed by atoms with Crippen LogP contribution in [-0.4, -0.2) is 68.2 Å². The van der Waals surface area contributed by atoms with Crippen molar-refractivity contribution in [1.29, 1.82) is 0 Å². The largest absolute Gasteiger partial charge is 0.450 e.